The maximum Gasteiger partial charge on any atom is 0.243 e. The van der Waals surface area contributed by atoms with E-state index < -0.39 is 15.8 Å². The SMILES string of the molecule is NCCC1(CNS(=O)(=O)c2ccccc2F)CC1. The summed E-state index contributed by atoms with van der Waals surface area (Å²) >= 11 is 0. The molecule has 0 saturated heterocycles. The molecule has 1 fully saturated rings. The van der Waals surface area contributed by atoms with E-state index in [4.69, 9.17) is 5.73 Å². The van der Waals surface area contributed by atoms with Crippen LogP contribution in [0.4, 0.5) is 4.39 Å². The minimum Gasteiger partial charge on any atom is -0.330 e. The van der Waals surface area contributed by atoms with Gasteiger partial charge in [-0.3, -0.25) is 0 Å². The second-order valence-electron chi connectivity index (χ2n) is 4.79. The average molecular weight is 272 g/mol. The molecule has 6 heteroatoms. The molecule has 100 valence electrons. The number of benzene rings is 1. The van der Waals surface area contributed by atoms with E-state index >= 15 is 0 Å². The molecule has 0 aromatic heterocycles. The molecule has 0 aliphatic heterocycles. The minimum atomic E-state index is -3.77. The molecule has 18 heavy (non-hydrogen) atoms. The second-order valence-corrected chi connectivity index (χ2v) is 6.53. The van der Waals surface area contributed by atoms with E-state index in [-0.39, 0.29) is 10.3 Å². The lowest BCUT2D eigenvalue weighted by Crippen LogP contribution is -2.31. The van der Waals surface area contributed by atoms with Gasteiger partial charge in [-0.1, -0.05) is 12.1 Å². The van der Waals surface area contributed by atoms with Gasteiger partial charge in [0.2, 0.25) is 10.0 Å². The molecule has 0 heterocycles. The highest BCUT2D eigenvalue weighted by atomic mass is 32.2. The van der Waals surface area contributed by atoms with Crippen LogP contribution in [0.15, 0.2) is 29.2 Å². The predicted molar refractivity (Wildman–Crippen MR) is 66.9 cm³/mol. The number of rotatable bonds is 6. The molecule has 0 amide bonds. The zero-order chi connectivity index (χ0) is 13.2. The van der Waals surface area contributed by atoms with E-state index in [1.807, 2.05) is 0 Å². The molecule has 0 spiro atoms. The first-order valence-electron chi connectivity index (χ1n) is 5.93. The zero-order valence-electron chi connectivity index (χ0n) is 10.0. The van der Waals surface area contributed by atoms with Crippen LogP contribution < -0.4 is 10.5 Å². The Labute approximate surface area is 106 Å². The van der Waals surface area contributed by atoms with Gasteiger partial charge in [0.25, 0.3) is 0 Å². The van der Waals surface area contributed by atoms with Crippen molar-refractivity contribution in [3.8, 4) is 0 Å². The summed E-state index contributed by atoms with van der Waals surface area (Å²) in [5.74, 6) is -0.728. The summed E-state index contributed by atoms with van der Waals surface area (Å²) in [7, 11) is -3.77. The molecule has 2 rings (SSSR count). The van der Waals surface area contributed by atoms with Crippen LogP contribution in [-0.2, 0) is 10.0 Å². The molecule has 1 aliphatic rings. The van der Waals surface area contributed by atoms with Crippen molar-refractivity contribution in [1.29, 1.82) is 0 Å². The third kappa shape index (κ3) is 2.88. The molecule has 0 atom stereocenters. The second kappa shape index (κ2) is 4.95. The summed E-state index contributed by atoms with van der Waals surface area (Å²) in [5, 5.41) is 0. The fraction of sp³-hybridized carbons (Fsp3) is 0.500. The molecular weight excluding hydrogens is 255 g/mol. The highest BCUT2D eigenvalue weighted by molar-refractivity contribution is 7.89. The van der Waals surface area contributed by atoms with E-state index in [1.165, 1.54) is 18.2 Å². The third-order valence-corrected chi connectivity index (χ3v) is 4.83. The molecule has 1 aromatic rings. The first-order valence-corrected chi connectivity index (χ1v) is 7.42. The standard InChI is InChI=1S/C12H17FN2O2S/c13-10-3-1-2-4-11(10)18(16,17)15-9-12(5-6-12)7-8-14/h1-4,15H,5-9,14H2. The molecule has 1 aliphatic carbocycles. The van der Waals surface area contributed by atoms with Crippen LogP contribution in [0, 0.1) is 11.2 Å². The van der Waals surface area contributed by atoms with Crippen LogP contribution >= 0.6 is 0 Å². The largest absolute Gasteiger partial charge is 0.330 e. The van der Waals surface area contributed by atoms with Gasteiger partial charge in [-0.05, 0) is 43.4 Å². The quantitative estimate of drug-likeness (QED) is 0.818. The Morgan fingerprint density at radius 1 is 1.33 bits per heavy atom. The molecule has 0 radical (unpaired) electrons. The van der Waals surface area contributed by atoms with Crippen molar-refractivity contribution in [2.24, 2.45) is 11.1 Å². The average Bonchev–Trinajstić information content (AvgIpc) is 3.08. The Morgan fingerprint density at radius 3 is 2.56 bits per heavy atom. The highest BCUT2D eigenvalue weighted by Gasteiger charge is 2.42. The Balaban J connectivity index is 2.07. The normalized spacial score (nSPS) is 17.7. The van der Waals surface area contributed by atoms with Crippen LogP contribution in [0.3, 0.4) is 0 Å². The van der Waals surface area contributed by atoms with Crippen LogP contribution in [0.2, 0.25) is 0 Å². The monoisotopic (exact) mass is 272 g/mol. The van der Waals surface area contributed by atoms with E-state index in [0.29, 0.717) is 13.1 Å². The predicted octanol–water partition coefficient (Wildman–Crippen LogP) is 1.23. The van der Waals surface area contributed by atoms with Gasteiger partial charge in [-0.2, -0.15) is 0 Å². The Hall–Kier alpha value is -0.980. The van der Waals surface area contributed by atoms with Gasteiger partial charge in [0.05, 0.1) is 0 Å². The molecule has 0 unspecified atom stereocenters. The zero-order valence-corrected chi connectivity index (χ0v) is 10.8. The Morgan fingerprint density at radius 2 is 2.00 bits per heavy atom. The molecule has 1 aromatic carbocycles. The van der Waals surface area contributed by atoms with Gasteiger partial charge < -0.3 is 5.73 Å². The van der Waals surface area contributed by atoms with E-state index in [9.17, 15) is 12.8 Å². The van der Waals surface area contributed by atoms with Crippen LogP contribution in [0.25, 0.3) is 0 Å². The third-order valence-electron chi connectivity index (χ3n) is 3.40. The molecule has 4 nitrogen and oxygen atoms in total. The van der Waals surface area contributed by atoms with Gasteiger partial charge in [-0.15, -0.1) is 0 Å². The minimum absolute atomic E-state index is 0.00687. The van der Waals surface area contributed by atoms with Crippen molar-refractivity contribution in [3.63, 3.8) is 0 Å². The lowest BCUT2D eigenvalue weighted by Gasteiger charge is -2.15. The molecule has 0 bridgehead atoms. The van der Waals surface area contributed by atoms with Gasteiger partial charge in [0.1, 0.15) is 10.7 Å². The van der Waals surface area contributed by atoms with E-state index in [2.05, 4.69) is 4.72 Å². The van der Waals surface area contributed by atoms with Crippen molar-refractivity contribution in [2.45, 2.75) is 24.2 Å². The fourth-order valence-electron chi connectivity index (χ4n) is 1.99. The Bertz CT molecular complexity index is 527. The maximum atomic E-state index is 13.4. The van der Waals surface area contributed by atoms with Gasteiger partial charge >= 0.3 is 0 Å². The molecule has 3 N–H and O–H groups in total. The summed E-state index contributed by atoms with van der Waals surface area (Å²) in [5.41, 5.74) is 5.49. The topological polar surface area (TPSA) is 72.2 Å². The summed E-state index contributed by atoms with van der Waals surface area (Å²) in [6, 6.07) is 5.37. The lowest BCUT2D eigenvalue weighted by atomic mass is 10.0. The summed E-state index contributed by atoms with van der Waals surface area (Å²) in [6.45, 7) is 0.877. The van der Waals surface area contributed by atoms with Crippen LogP contribution in [0.1, 0.15) is 19.3 Å². The van der Waals surface area contributed by atoms with Crippen molar-refractivity contribution in [2.75, 3.05) is 13.1 Å². The van der Waals surface area contributed by atoms with Crippen LogP contribution in [-0.4, -0.2) is 21.5 Å². The van der Waals surface area contributed by atoms with Gasteiger partial charge in [0.15, 0.2) is 0 Å². The molecular formula is C12H17FN2O2S. The van der Waals surface area contributed by atoms with Crippen molar-refractivity contribution in [3.05, 3.63) is 30.1 Å². The number of sulfonamides is 1. The van der Waals surface area contributed by atoms with E-state index in [1.54, 1.807) is 0 Å². The lowest BCUT2D eigenvalue weighted by molar-refractivity contribution is 0.460. The number of halogens is 1. The van der Waals surface area contributed by atoms with Crippen molar-refractivity contribution in [1.82, 2.24) is 4.72 Å². The highest BCUT2D eigenvalue weighted by Crippen LogP contribution is 2.47. The van der Waals surface area contributed by atoms with Gasteiger partial charge in [0, 0.05) is 6.54 Å². The number of hydrogen-bond donors (Lipinski definition) is 2. The maximum absolute atomic E-state index is 13.4. The first kappa shape index (κ1) is 13.5. The molecule has 1 saturated carbocycles. The number of hydrogen-bond acceptors (Lipinski definition) is 3. The number of nitrogens with one attached hydrogen (secondary N) is 1. The Kier molecular flexibility index (Phi) is 3.70. The van der Waals surface area contributed by atoms with Crippen LogP contribution in [0.5, 0.6) is 0 Å². The fourth-order valence-corrected chi connectivity index (χ4v) is 3.22. The van der Waals surface area contributed by atoms with E-state index in [0.717, 1.165) is 25.3 Å². The smallest absolute Gasteiger partial charge is 0.243 e. The van der Waals surface area contributed by atoms with Crippen molar-refractivity contribution >= 4 is 10.0 Å². The number of nitrogens with two attached hydrogens (primary N) is 1. The summed E-state index contributed by atoms with van der Waals surface area (Å²) in [4.78, 5) is -0.298. The first-order chi connectivity index (χ1) is 8.49. The van der Waals surface area contributed by atoms with Gasteiger partial charge in [-0.25, -0.2) is 17.5 Å². The van der Waals surface area contributed by atoms with Crippen molar-refractivity contribution < 1.29 is 12.8 Å². The summed E-state index contributed by atoms with van der Waals surface area (Å²) < 4.78 is 39.8. The summed E-state index contributed by atoms with van der Waals surface area (Å²) in [6.07, 6.45) is 2.75.